The standard InChI is InChI=1S/C22H23Cl2NO4/c1-13(2)25-18-11-10-14(23)12-16(18)21(15-6-3-4-7-17(15)24)29-19(22(25)28)8-5-9-20(26)27/h3-4,6-7,10-13,19,21H,5,8-9H2,1-2H3,(H,26,27)/t19-,21-/m0/s1. The highest BCUT2D eigenvalue weighted by Crippen LogP contribution is 2.42. The Balaban J connectivity index is 2.11. The molecular weight excluding hydrogens is 413 g/mol. The van der Waals surface area contributed by atoms with E-state index in [-0.39, 0.29) is 18.4 Å². The van der Waals surface area contributed by atoms with Crippen molar-refractivity contribution in [2.24, 2.45) is 0 Å². The van der Waals surface area contributed by atoms with Crippen LogP contribution in [0.15, 0.2) is 42.5 Å². The first-order valence-corrected chi connectivity index (χ1v) is 10.3. The predicted molar refractivity (Wildman–Crippen MR) is 114 cm³/mol. The summed E-state index contributed by atoms with van der Waals surface area (Å²) < 4.78 is 6.31. The summed E-state index contributed by atoms with van der Waals surface area (Å²) in [6, 6.07) is 12.6. The Morgan fingerprint density at radius 1 is 1.17 bits per heavy atom. The van der Waals surface area contributed by atoms with Gasteiger partial charge < -0.3 is 14.7 Å². The molecule has 0 saturated carbocycles. The van der Waals surface area contributed by atoms with Gasteiger partial charge in [0.2, 0.25) is 0 Å². The molecule has 29 heavy (non-hydrogen) atoms. The third-order valence-corrected chi connectivity index (χ3v) is 5.49. The van der Waals surface area contributed by atoms with Crippen molar-refractivity contribution in [3.8, 4) is 0 Å². The molecule has 0 bridgehead atoms. The lowest BCUT2D eigenvalue weighted by Gasteiger charge is -2.28. The second kappa shape index (κ2) is 9.16. The van der Waals surface area contributed by atoms with Gasteiger partial charge in [0.05, 0.1) is 5.69 Å². The van der Waals surface area contributed by atoms with Crippen LogP contribution in [0.5, 0.6) is 0 Å². The smallest absolute Gasteiger partial charge is 0.303 e. The van der Waals surface area contributed by atoms with Crippen molar-refractivity contribution in [3.05, 3.63) is 63.6 Å². The molecule has 1 N–H and O–H groups in total. The van der Waals surface area contributed by atoms with Crippen LogP contribution in [0.1, 0.15) is 50.3 Å². The number of ether oxygens (including phenoxy) is 1. The van der Waals surface area contributed by atoms with E-state index in [0.717, 1.165) is 16.8 Å². The summed E-state index contributed by atoms with van der Waals surface area (Å²) in [6.07, 6.45) is -0.769. The lowest BCUT2D eigenvalue weighted by atomic mass is 9.99. The Morgan fingerprint density at radius 3 is 2.55 bits per heavy atom. The average molecular weight is 436 g/mol. The number of carbonyl (C=O) groups is 2. The first-order valence-electron chi connectivity index (χ1n) is 9.53. The van der Waals surface area contributed by atoms with Gasteiger partial charge in [-0.2, -0.15) is 0 Å². The molecule has 1 aliphatic heterocycles. The van der Waals surface area contributed by atoms with E-state index in [1.165, 1.54) is 0 Å². The molecule has 0 saturated heterocycles. The fourth-order valence-corrected chi connectivity index (χ4v) is 4.03. The molecular formula is C22H23Cl2NO4. The molecule has 2 aromatic rings. The second-order valence-electron chi connectivity index (χ2n) is 7.32. The van der Waals surface area contributed by atoms with Crippen LogP contribution in [0.3, 0.4) is 0 Å². The zero-order chi connectivity index (χ0) is 21.1. The van der Waals surface area contributed by atoms with Gasteiger partial charge in [0.1, 0.15) is 12.2 Å². The topological polar surface area (TPSA) is 66.8 Å². The van der Waals surface area contributed by atoms with E-state index < -0.39 is 18.2 Å². The Bertz CT molecular complexity index is 915. The highest BCUT2D eigenvalue weighted by Gasteiger charge is 2.38. The lowest BCUT2D eigenvalue weighted by molar-refractivity contribution is -0.138. The van der Waals surface area contributed by atoms with Crippen LogP contribution in [-0.4, -0.2) is 29.1 Å². The molecule has 0 spiro atoms. The third-order valence-electron chi connectivity index (χ3n) is 4.91. The predicted octanol–water partition coefficient (Wildman–Crippen LogP) is 5.48. The molecule has 2 atom stereocenters. The Kier molecular flexibility index (Phi) is 6.83. The molecule has 1 heterocycles. The number of nitrogens with zero attached hydrogens (tertiary/aromatic N) is 1. The Hall–Kier alpha value is -2.08. The zero-order valence-electron chi connectivity index (χ0n) is 16.3. The number of amides is 1. The number of carboxylic acid groups (broad SMARTS) is 1. The van der Waals surface area contributed by atoms with Gasteiger partial charge in [-0.05, 0) is 51.0 Å². The van der Waals surface area contributed by atoms with E-state index in [9.17, 15) is 9.59 Å². The maximum Gasteiger partial charge on any atom is 0.303 e. The van der Waals surface area contributed by atoms with Crippen molar-refractivity contribution < 1.29 is 19.4 Å². The molecule has 0 radical (unpaired) electrons. The number of anilines is 1. The van der Waals surface area contributed by atoms with Crippen LogP contribution in [-0.2, 0) is 14.3 Å². The number of fused-ring (bicyclic) bond motifs is 1. The maximum atomic E-state index is 13.4. The maximum absolute atomic E-state index is 13.4. The van der Waals surface area contributed by atoms with Crippen LogP contribution in [0, 0.1) is 0 Å². The van der Waals surface area contributed by atoms with Gasteiger partial charge in [-0.15, -0.1) is 0 Å². The molecule has 0 unspecified atom stereocenters. The normalized spacial score (nSPS) is 19.2. The van der Waals surface area contributed by atoms with Crippen LogP contribution in [0.2, 0.25) is 10.0 Å². The average Bonchev–Trinajstić information content (AvgIpc) is 2.77. The number of carbonyl (C=O) groups excluding carboxylic acids is 1. The van der Waals surface area contributed by atoms with Crippen LogP contribution < -0.4 is 4.90 Å². The molecule has 154 valence electrons. The summed E-state index contributed by atoms with van der Waals surface area (Å²) in [5.74, 6) is -1.09. The van der Waals surface area contributed by atoms with Crippen molar-refractivity contribution in [3.63, 3.8) is 0 Å². The summed E-state index contributed by atoms with van der Waals surface area (Å²) >= 11 is 12.7. The van der Waals surface area contributed by atoms with Crippen LogP contribution in [0.4, 0.5) is 5.69 Å². The zero-order valence-corrected chi connectivity index (χ0v) is 17.8. The minimum atomic E-state index is -0.899. The summed E-state index contributed by atoms with van der Waals surface area (Å²) in [6.45, 7) is 3.86. The van der Waals surface area contributed by atoms with Gasteiger partial charge in [0.15, 0.2) is 0 Å². The van der Waals surface area contributed by atoms with E-state index in [0.29, 0.717) is 22.9 Å². The first-order chi connectivity index (χ1) is 13.8. The highest BCUT2D eigenvalue weighted by molar-refractivity contribution is 6.31. The van der Waals surface area contributed by atoms with Crippen molar-refractivity contribution in [2.45, 2.75) is 51.4 Å². The number of hydrogen-bond acceptors (Lipinski definition) is 3. The molecule has 0 fully saturated rings. The number of benzene rings is 2. The molecule has 1 amide bonds. The van der Waals surface area contributed by atoms with Crippen LogP contribution >= 0.6 is 23.2 Å². The molecule has 0 aliphatic carbocycles. The SMILES string of the molecule is CC(C)N1C(=O)[C@H](CCCC(=O)O)O[C@@H](c2ccccc2Cl)c2cc(Cl)ccc21. The van der Waals surface area contributed by atoms with Crippen molar-refractivity contribution in [1.82, 2.24) is 0 Å². The fraction of sp³-hybridized carbons (Fsp3) is 0.364. The minimum absolute atomic E-state index is 0.0235. The van der Waals surface area contributed by atoms with Gasteiger partial charge >= 0.3 is 5.97 Å². The summed E-state index contributed by atoms with van der Waals surface area (Å²) in [4.78, 5) is 26.0. The highest BCUT2D eigenvalue weighted by atomic mass is 35.5. The number of carboxylic acids is 1. The number of rotatable bonds is 6. The fourth-order valence-electron chi connectivity index (χ4n) is 3.62. The Labute approximate surface area is 180 Å². The molecule has 1 aliphatic rings. The van der Waals surface area contributed by atoms with E-state index in [1.807, 2.05) is 38.1 Å². The number of halogens is 2. The first kappa shape index (κ1) is 21.6. The molecule has 5 nitrogen and oxygen atoms in total. The van der Waals surface area contributed by atoms with E-state index >= 15 is 0 Å². The van der Waals surface area contributed by atoms with Crippen molar-refractivity contribution in [1.29, 1.82) is 0 Å². The van der Waals surface area contributed by atoms with Gasteiger partial charge in [-0.3, -0.25) is 9.59 Å². The van der Waals surface area contributed by atoms with Gasteiger partial charge in [0.25, 0.3) is 5.91 Å². The van der Waals surface area contributed by atoms with E-state index in [4.69, 9.17) is 33.0 Å². The second-order valence-corrected chi connectivity index (χ2v) is 8.16. The molecule has 2 aromatic carbocycles. The monoisotopic (exact) mass is 435 g/mol. The molecule has 0 aromatic heterocycles. The van der Waals surface area contributed by atoms with Crippen molar-refractivity contribution >= 4 is 40.8 Å². The number of aliphatic carboxylic acids is 1. The lowest BCUT2D eigenvalue weighted by Crippen LogP contribution is -2.43. The largest absolute Gasteiger partial charge is 0.481 e. The third kappa shape index (κ3) is 4.74. The van der Waals surface area contributed by atoms with Crippen LogP contribution in [0.25, 0.3) is 0 Å². The summed E-state index contributed by atoms with van der Waals surface area (Å²) in [5, 5.41) is 10.0. The Morgan fingerprint density at radius 2 is 1.90 bits per heavy atom. The molecule has 3 rings (SSSR count). The van der Waals surface area contributed by atoms with E-state index in [1.54, 1.807) is 23.1 Å². The number of hydrogen-bond donors (Lipinski definition) is 1. The molecule has 7 heteroatoms. The summed E-state index contributed by atoms with van der Waals surface area (Å²) in [5.41, 5.74) is 2.22. The summed E-state index contributed by atoms with van der Waals surface area (Å²) in [7, 11) is 0. The van der Waals surface area contributed by atoms with Gasteiger partial charge in [-0.25, -0.2) is 0 Å². The van der Waals surface area contributed by atoms with E-state index in [2.05, 4.69) is 0 Å². The minimum Gasteiger partial charge on any atom is -0.481 e. The van der Waals surface area contributed by atoms with Gasteiger partial charge in [-0.1, -0.05) is 41.4 Å². The quantitative estimate of drug-likeness (QED) is 0.652. The van der Waals surface area contributed by atoms with Crippen molar-refractivity contribution in [2.75, 3.05) is 4.90 Å². The van der Waals surface area contributed by atoms with Gasteiger partial charge in [0, 0.05) is 33.6 Å².